The number of carbonyl (C=O) groups is 2. The topological polar surface area (TPSA) is 49.4 Å². The Morgan fingerprint density at radius 3 is 2.47 bits per heavy atom. The molecule has 0 fully saturated rings. The smallest absolute Gasteiger partial charge is 0.255 e. The van der Waals surface area contributed by atoms with Crippen LogP contribution in [0.5, 0.6) is 0 Å². The van der Waals surface area contributed by atoms with Gasteiger partial charge in [-0.3, -0.25) is 9.59 Å². The van der Waals surface area contributed by atoms with Crippen molar-refractivity contribution < 1.29 is 14.0 Å². The molecule has 2 amide bonds. The summed E-state index contributed by atoms with van der Waals surface area (Å²) < 4.78 is 13.7. The van der Waals surface area contributed by atoms with Crippen molar-refractivity contribution in [2.45, 2.75) is 32.0 Å². The lowest BCUT2D eigenvalue weighted by atomic mass is 9.82. The zero-order valence-corrected chi connectivity index (χ0v) is 16.8. The van der Waals surface area contributed by atoms with Gasteiger partial charge in [-0.25, -0.2) is 4.39 Å². The van der Waals surface area contributed by atoms with Crippen LogP contribution < -0.4 is 5.32 Å². The molecule has 152 valence electrons. The molecule has 5 heteroatoms. The van der Waals surface area contributed by atoms with Gasteiger partial charge in [0, 0.05) is 25.1 Å². The van der Waals surface area contributed by atoms with E-state index in [1.54, 1.807) is 30.0 Å². The Bertz CT molecular complexity index is 1080. The van der Waals surface area contributed by atoms with E-state index >= 15 is 0 Å². The highest BCUT2D eigenvalue weighted by Crippen LogP contribution is 2.33. The highest BCUT2D eigenvalue weighted by molar-refractivity contribution is 6.02. The molecule has 0 saturated carbocycles. The Balaban J connectivity index is 1.66. The maximum Gasteiger partial charge on any atom is 0.255 e. The lowest BCUT2D eigenvalue weighted by Crippen LogP contribution is -2.62. The predicted octanol–water partition coefficient (Wildman–Crippen LogP) is 4.10. The summed E-state index contributed by atoms with van der Waals surface area (Å²) in [5, 5.41) is 2.98. The number of benzene rings is 3. The maximum absolute atomic E-state index is 13.7. The van der Waals surface area contributed by atoms with Crippen molar-refractivity contribution in [3.63, 3.8) is 0 Å². The van der Waals surface area contributed by atoms with Gasteiger partial charge in [-0.15, -0.1) is 0 Å². The minimum Gasteiger partial charge on any atom is -0.350 e. The third kappa shape index (κ3) is 3.83. The van der Waals surface area contributed by atoms with Gasteiger partial charge in [0.1, 0.15) is 11.4 Å². The van der Waals surface area contributed by atoms with Gasteiger partial charge in [-0.1, -0.05) is 60.7 Å². The van der Waals surface area contributed by atoms with E-state index in [-0.39, 0.29) is 24.2 Å². The second-order valence-electron chi connectivity index (χ2n) is 7.80. The number of hydrogen-bond donors (Lipinski definition) is 1. The Morgan fingerprint density at radius 1 is 1.00 bits per heavy atom. The van der Waals surface area contributed by atoms with Gasteiger partial charge in [-0.05, 0) is 41.8 Å². The van der Waals surface area contributed by atoms with Gasteiger partial charge < -0.3 is 10.2 Å². The minimum absolute atomic E-state index is 0.153. The van der Waals surface area contributed by atoms with Gasteiger partial charge in [0.25, 0.3) is 5.91 Å². The van der Waals surface area contributed by atoms with Crippen LogP contribution in [0.2, 0.25) is 0 Å². The van der Waals surface area contributed by atoms with E-state index in [4.69, 9.17) is 0 Å². The molecule has 4 rings (SSSR count). The molecule has 1 N–H and O–H groups in total. The van der Waals surface area contributed by atoms with E-state index in [1.165, 1.54) is 12.1 Å². The second-order valence-corrected chi connectivity index (χ2v) is 7.80. The van der Waals surface area contributed by atoms with Gasteiger partial charge in [0.2, 0.25) is 5.91 Å². The molecule has 3 aromatic carbocycles. The number of nitrogens with zero attached hydrogens (tertiary/aromatic N) is 1. The van der Waals surface area contributed by atoms with Crippen molar-refractivity contribution in [2.24, 2.45) is 0 Å². The normalized spacial score (nSPS) is 18.1. The third-order valence-electron chi connectivity index (χ3n) is 5.64. The van der Waals surface area contributed by atoms with E-state index in [0.717, 1.165) is 11.1 Å². The van der Waals surface area contributed by atoms with E-state index < -0.39 is 5.54 Å². The van der Waals surface area contributed by atoms with Crippen molar-refractivity contribution in [1.82, 2.24) is 10.2 Å². The Hall–Kier alpha value is -3.47. The van der Waals surface area contributed by atoms with Crippen LogP contribution >= 0.6 is 0 Å². The maximum atomic E-state index is 13.7. The standard InChI is InChI=1S/C25H23FN2O2/c1-25(24(30)27-16-18-8-3-2-4-9-18)15-20-11-5-6-13-22(20)23(29)28(25)17-19-10-7-12-21(26)14-19/h2-14H,15-17H2,1H3,(H,27,30)/t25-/m0/s1. The first-order chi connectivity index (χ1) is 14.5. The zero-order valence-electron chi connectivity index (χ0n) is 16.8. The van der Waals surface area contributed by atoms with Gasteiger partial charge in [0.05, 0.1) is 0 Å². The van der Waals surface area contributed by atoms with Crippen LogP contribution in [0.3, 0.4) is 0 Å². The molecule has 1 aliphatic heterocycles. The average Bonchev–Trinajstić information content (AvgIpc) is 2.76. The molecule has 3 aromatic rings. The number of fused-ring (bicyclic) bond motifs is 1. The van der Waals surface area contributed by atoms with Crippen molar-refractivity contribution >= 4 is 11.8 Å². The lowest BCUT2D eigenvalue weighted by Gasteiger charge is -2.44. The van der Waals surface area contributed by atoms with Crippen LogP contribution in [0.25, 0.3) is 0 Å². The van der Waals surface area contributed by atoms with Gasteiger partial charge in [0.15, 0.2) is 0 Å². The number of amides is 2. The van der Waals surface area contributed by atoms with E-state index in [9.17, 15) is 14.0 Å². The summed E-state index contributed by atoms with van der Waals surface area (Å²) in [6.45, 7) is 2.31. The van der Waals surface area contributed by atoms with Crippen LogP contribution in [0, 0.1) is 5.82 Å². The van der Waals surface area contributed by atoms with Crippen LogP contribution in [0.4, 0.5) is 4.39 Å². The van der Waals surface area contributed by atoms with Crippen LogP contribution in [-0.4, -0.2) is 22.3 Å². The molecule has 0 aromatic heterocycles. The Kier molecular flexibility index (Phi) is 5.36. The first kappa shape index (κ1) is 19.8. The van der Waals surface area contributed by atoms with Crippen molar-refractivity contribution in [3.05, 3.63) is 107 Å². The minimum atomic E-state index is -1.09. The average molecular weight is 402 g/mol. The number of rotatable bonds is 5. The fourth-order valence-electron chi connectivity index (χ4n) is 3.95. The van der Waals surface area contributed by atoms with Gasteiger partial charge >= 0.3 is 0 Å². The summed E-state index contributed by atoms with van der Waals surface area (Å²) in [7, 11) is 0. The molecule has 0 bridgehead atoms. The van der Waals surface area contributed by atoms with Crippen molar-refractivity contribution in [2.75, 3.05) is 0 Å². The summed E-state index contributed by atoms with van der Waals surface area (Å²) >= 11 is 0. The first-order valence-corrected chi connectivity index (χ1v) is 9.94. The fourth-order valence-corrected chi connectivity index (χ4v) is 3.95. The molecular weight excluding hydrogens is 379 g/mol. The highest BCUT2D eigenvalue weighted by Gasteiger charge is 2.46. The van der Waals surface area contributed by atoms with E-state index in [0.29, 0.717) is 24.1 Å². The number of halogens is 1. The van der Waals surface area contributed by atoms with Crippen LogP contribution in [0.15, 0.2) is 78.9 Å². The van der Waals surface area contributed by atoms with Crippen LogP contribution in [-0.2, 0) is 24.3 Å². The monoisotopic (exact) mass is 402 g/mol. The molecule has 1 atom stereocenters. The number of hydrogen-bond acceptors (Lipinski definition) is 2. The Labute approximate surface area is 175 Å². The number of nitrogens with one attached hydrogen (secondary N) is 1. The molecule has 0 radical (unpaired) electrons. The highest BCUT2D eigenvalue weighted by atomic mass is 19.1. The molecule has 30 heavy (non-hydrogen) atoms. The van der Waals surface area contributed by atoms with Crippen molar-refractivity contribution in [3.8, 4) is 0 Å². The largest absolute Gasteiger partial charge is 0.350 e. The summed E-state index contributed by atoms with van der Waals surface area (Å²) in [6, 6.07) is 23.1. The van der Waals surface area contributed by atoms with Gasteiger partial charge in [-0.2, -0.15) is 0 Å². The predicted molar refractivity (Wildman–Crippen MR) is 113 cm³/mol. The quantitative estimate of drug-likeness (QED) is 0.699. The summed E-state index contributed by atoms with van der Waals surface area (Å²) in [4.78, 5) is 28.2. The third-order valence-corrected chi connectivity index (χ3v) is 5.64. The number of carbonyl (C=O) groups excluding carboxylic acids is 2. The SMILES string of the molecule is C[C@@]1(C(=O)NCc2ccccc2)Cc2ccccc2C(=O)N1Cc1cccc(F)c1. The molecule has 0 saturated heterocycles. The molecule has 4 nitrogen and oxygen atoms in total. The molecule has 1 heterocycles. The van der Waals surface area contributed by atoms with E-state index in [1.807, 2.05) is 48.5 Å². The van der Waals surface area contributed by atoms with E-state index in [2.05, 4.69) is 5.32 Å². The molecular formula is C25H23FN2O2. The first-order valence-electron chi connectivity index (χ1n) is 9.94. The molecule has 1 aliphatic rings. The second kappa shape index (κ2) is 8.11. The zero-order chi connectivity index (χ0) is 21.1. The molecule has 0 unspecified atom stereocenters. The summed E-state index contributed by atoms with van der Waals surface area (Å²) in [5.74, 6) is -0.823. The fraction of sp³-hybridized carbons (Fsp3) is 0.200. The summed E-state index contributed by atoms with van der Waals surface area (Å²) in [5.41, 5.74) is 1.96. The van der Waals surface area contributed by atoms with Crippen LogP contribution in [0.1, 0.15) is 34.0 Å². The van der Waals surface area contributed by atoms with Crippen molar-refractivity contribution in [1.29, 1.82) is 0 Å². The molecule has 0 aliphatic carbocycles. The Morgan fingerprint density at radius 2 is 1.70 bits per heavy atom. The lowest BCUT2D eigenvalue weighted by molar-refractivity contribution is -0.132. The summed E-state index contributed by atoms with van der Waals surface area (Å²) in [6.07, 6.45) is 0.394. The molecule has 0 spiro atoms.